The lowest BCUT2D eigenvalue weighted by Crippen LogP contribution is -2.43. The summed E-state index contributed by atoms with van der Waals surface area (Å²) >= 11 is 0. The molecule has 158 valence electrons. The summed E-state index contributed by atoms with van der Waals surface area (Å²) < 4.78 is 0. The van der Waals surface area contributed by atoms with Gasteiger partial charge in [-0.15, -0.1) is 0 Å². The highest BCUT2D eigenvalue weighted by Crippen LogP contribution is 2.15. The predicted molar refractivity (Wildman–Crippen MR) is 114 cm³/mol. The van der Waals surface area contributed by atoms with Crippen molar-refractivity contribution in [1.82, 2.24) is 16.0 Å². The van der Waals surface area contributed by atoms with E-state index in [9.17, 15) is 9.59 Å². The Kier molecular flexibility index (Phi) is 15.7. The Morgan fingerprint density at radius 1 is 0.852 bits per heavy atom. The maximum atomic E-state index is 12.7. The molecule has 0 radical (unpaired) electrons. The van der Waals surface area contributed by atoms with E-state index in [-0.39, 0.29) is 23.8 Å². The van der Waals surface area contributed by atoms with Crippen molar-refractivity contribution in [3.8, 4) is 0 Å². The van der Waals surface area contributed by atoms with Gasteiger partial charge < -0.3 is 16.0 Å². The minimum Gasteiger partial charge on any atom is -0.387 e. The molecule has 0 heterocycles. The first-order valence-corrected chi connectivity index (χ1v) is 11.0. The zero-order valence-electron chi connectivity index (χ0n) is 18.2. The Hall–Kier alpha value is -1.52. The van der Waals surface area contributed by atoms with Crippen LogP contribution in [0.3, 0.4) is 0 Å². The molecule has 0 aromatic heterocycles. The molecule has 5 nitrogen and oxygen atoms in total. The van der Waals surface area contributed by atoms with Crippen LogP contribution in [0.25, 0.3) is 0 Å². The fourth-order valence-corrected chi connectivity index (χ4v) is 2.91. The minimum atomic E-state index is -0.207. The number of hydrogen-bond donors (Lipinski definition) is 3. The van der Waals surface area contributed by atoms with Gasteiger partial charge in [-0.25, -0.2) is 0 Å². The molecule has 0 aromatic carbocycles. The highest BCUT2D eigenvalue weighted by Gasteiger charge is 2.22. The molecule has 2 atom stereocenters. The van der Waals surface area contributed by atoms with Crippen LogP contribution in [0.5, 0.6) is 0 Å². The van der Waals surface area contributed by atoms with Crippen LogP contribution in [0.1, 0.15) is 91.9 Å². The Bertz CT molecular complexity index is 424. The molecule has 3 N–H and O–H groups in total. The SMILES string of the molecule is C=C(NCCCC)C(CCC(=O)NCCCC)NC(=O)C(CC)CCCC. The maximum absolute atomic E-state index is 12.7. The van der Waals surface area contributed by atoms with Crippen molar-refractivity contribution in [2.75, 3.05) is 13.1 Å². The number of nitrogens with one attached hydrogen (secondary N) is 3. The molecule has 0 aliphatic carbocycles. The topological polar surface area (TPSA) is 70.2 Å². The van der Waals surface area contributed by atoms with Gasteiger partial charge in [-0.3, -0.25) is 9.59 Å². The van der Waals surface area contributed by atoms with Gasteiger partial charge in [0.15, 0.2) is 0 Å². The van der Waals surface area contributed by atoms with Crippen LogP contribution in [-0.2, 0) is 9.59 Å². The van der Waals surface area contributed by atoms with Gasteiger partial charge in [-0.05, 0) is 32.1 Å². The molecule has 0 saturated carbocycles. The zero-order chi connectivity index (χ0) is 20.5. The van der Waals surface area contributed by atoms with E-state index in [1.165, 1.54) is 0 Å². The molecule has 0 saturated heterocycles. The molecule has 0 aromatic rings. The first kappa shape index (κ1) is 25.5. The summed E-state index contributed by atoms with van der Waals surface area (Å²) in [6.07, 6.45) is 9.10. The number of hydrogen-bond acceptors (Lipinski definition) is 3. The summed E-state index contributed by atoms with van der Waals surface area (Å²) in [4.78, 5) is 24.7. The second-order valence-electron chi connectivity index (χ2n) is 7.36. The van der Waals surface area contributed by atoms with Gasteiger partial charge >= 0.3 is 0 Å². The third-order valence-electron chi connectivity index (χ3n) is 4.90. The van der Waals surface area contributed by atoms with E-state index in [0.29, 0.717) is 12.8 Å². The zero-order valence-corrected chi connectivity index (χ0v) is 18.2. The Balaban J connectivity index is 4.73. The van der Waals surface area contributed by atoms with E-state index < -0.39 is 0 Å². The molecule has 0 aliphatic heterocycles. The van der Waals surface area contributed by atoms with Crippen LogP contribution in [-0.4, -0.2) is 30.9 Å². The standard InChI is InChI=1S/C22H43N3O2/c1-6-10-13-19(9-4)22(27)25-20(18(5)23-16-11-7-2)14-15-21(26)24-17-12-8-3/h19-20,23H,5-17H2,1-4H3,(H,24,26)(H,25,27). The van der Waals surface area contributed by atoms with E-state index in [1.54, 1.807) is 0 Å². The smallest absolute Gasteiger partial charge is 0.223 e. The largest absolute Gasteiger partial charge is 0.387 e. The van der Waals surface area contributed by atoms with Gasteiger partial charge in [0.1, 0.15) is 0 Å². The van der Waals surface area contributed by atoms with Gasteiger partial charge in [0.25, 0.3) is 0 Å². The normalized spacial score (nSPS) is 12.9. The summed E-state index contributed by atoms with van der Waals surface area (Å²) in [5, 5.41) is 9.41. The quantitative estimate of drug-likeness (QED) is 0.329. The molecule has 0 bridgehead atoms. The van der Waals surface area contributed by atoms with Crippen molar-refractivity contribution in [2.24, 2.45) is 5.92 Å². The van der Waals surface area contributed by atoms with E-state index in [0.717, 1.165) is 70.2 Å². The lowest BCUT2D eigenvalue weighted by atomic mass is 9.97. The minimum absolute atomic E-state index is 0.0364. The summed E-state index contributed by atoms with van der Waals surface area (Å²) in [7, 11) is 0. The first-order chi connectivity index (χ1) is 13.0. The Morgan fingerprint density at radius 3 is 2.00 bits per heavy atom. The van der Waals surface area contributed by atoms with Crippen LogP contribution in [0.2, 0.25) is 0 Å². The first-order valence-electron chi connectivity index (χ1n) is 11.0. The van der Waals surface area contributed by atoms with E-state index in [4.69, 9.17) is 0 Å². The molecule has 0 rings (SSSR count). The van der Waals surface area contributed by atoms with Gasteiger partial charge in [0, 0.05) is 31.1 Å². The lowest BCUT2D eigenvalue weighted by molar-refractivity contribution is -0.126. The fourth-order valence-electron chi connectivity index (χ4n) is 2.91. The van der Waals surface area contributed by atoms with Crippen LogP contribution < -0.4 is 16.0 Å². The van der Waals surface area contributed by atoms with Gasteiger partial charge in [0.2, 0.25) is 11.8 Å². The Morgan fingerprint density at radius 2 is 1.44 bits per heavy atom. The van der Waals surface area contributed by atoms with Crippen LogP contribution in [0.15, 0.2) is 12.3 Å². The summed E-state index contributed by atoms with van der Waals surface area (Å²) in [5.41, 5.74) is 0.809. The molecule has 0 fully saturated rings. The van der Waals surface area contributed by atoms with Crippen molar-refractivity contribution in [2.45, 2.75) is 97.9 Å². The molecule has 2 unspecified atom stereocenters. The third-order valence-corrected chi connectivity index (χ3v) is 4.90. The number of carbonyl (C=O) groups excluding carboxylic acids is 2. The number of carbonyl (C=O) groups is 2. The summed E-state index contributed by atoms with van der Waals surface area (Å²) in [5.74, 6) is 0.164. The molecular formula is C22H43N3O2. The number of amides is 2. The van der Waals surface area contributed by atoms with Gasteiger partial charge in [-0.2, -0.15) is 0 Å². The molecular weight excluding hydrogens is 338 g/mol. The van der Waals surface area contributed by atoms with E-state index >= 15 is 0 Å². The van der Waals surface area contributed by atoms with Crippen LogP contribution in [0.4, 0.5) is 0 Å². The monoisotopic (exact) mass is 381 g/mol. The average molecular weight is 382 g/mol. The molecule has 27 heavy (non-hydrogen) atoms. The third kappa shape index (κ3) is 12.5. The van der Waals surface area contributed by atoms with Crippen molar-refractivity contribution in [3.63, 3.8) is 0 Å². The van der Waals surface area contributed by atoms with E-state index in [1.807, 2.05) is 0 Å². The fraction of sp³-hybridized carbons (Fsp3) is 0.818. The molecule has 5 heteroatoms. The second kappa shape index (κ2) is 16.6. The van der Waals surface area contributed by atoms with Crippen molar-refractivity contribution >= 4 is 11.8 Å². The number of rotatable bonds is 17. The van der Waals surface area contributed by atoms with E-state index in [2.05, 4.69) is 50.2 Å². The Labute approximate surface area is 167 Å². The molecule has 0 spiro atoms. The highest BCUT2D eigenvalue weighted by atomic mass is 16.2. The lowest BCUT2D eigenvalue weighted by Gasteiger charge is -2.25. The summed E-state index contributed by atoms with van der Waals surface area (Å²) in [6, 6.07) is -0.207. The van der Waals surface area contributed by atoms with Crippen LogP contribution >= 0.6 is 0 Å². The van der Waals surface area contributed by atoms with Gasteiger partial charge in [-0.1, -0.05) is 60.0 Å². The average Bonchev–Trinajstić information content (AvgIpc) is 2.65. The molecule has 2 amide bonds. The maximum Gasteiger partial charge on any atom is 0.223 e. The van der Waals surface area contributed by atoms with Gasteiger partial charge in [0.05, 0.1) is 6.04 Å². The van der Waals surface area contributed by atoms with Crippen LogP contribution in [0, 0.1) is 5.92 Å². The molecule has 0 aliphatic rings. The number of unbranched alkanes of at least 4 members (excludes halogenated alkanes) is 3. The van der Waals surface area contributed by atoms with Crippen molar-refractivity contribution < 1.29 is 9.59 Å². The highest BCUT2D eigenvalue weighted by molar-refractivity contribution is 5.79. The van der Waals surface area contributed by atoms with Crippen molar-refractivity contribution in [3.05, 3.63) is 12.3 Å². The van der Waals surface area contributed by atoms with Crippen molar-refractivity contribution in [1.29, 1.82) is 0 Å². The second-order valence-corrected chi connectivity index (χ2v) is 7.36. The summed E-state index contributed by atoms with van der Waals surface area (Å²) in [6.45, 7) is 14.1. The predicted octanol–water partition coefficient (Wildman–Crippen LogP) is 4.29.